The van der Waals surface area contributed by atoms with Crippen molar-refractivity contribution in [3.05, 3.63) is 60.7 Å². The Balaban J connectivity index is 2.53. The lowest BCUT2D eigenvalue weighted by Gasteiger charge is -2.14. The molecule has 3 heteroatoms. The number of ether oxygens (including phenoxy) is 1. The summed E-state index contributed by atoms with van der Waals surface area (Å²) in [6.07, 6.45) is 4.82. The van der Waals surface area contributed by atoms with Gasteiger partial charge in [0.2, 0.25) is 0 Å². The molecule has 0 aliphatic carbocycles. The highest BCUT2D eigenvalue weighted by Gasteiger charge is 2.10. The van der Waals surface area contributed by atoms with Gasteiger partial charge in [-0.3, -0.25) is 0 Å². The zero-order valence-corrected chi connectivity index (χ0v) is 9.93. The third-order valence-electron chi connectivity index (χ3n) is 2.21. The van der Waals surface area contributed by atoms with Gasteiger partial charge < -0.3 is 10.1 Å². The second-order valence-corrected chi connectivity index (χ2v) is 3.44. The third kappa shape index (κ3) is 4.55. The number of alkyl carbamates (subject to hydrolysis) is 1. The third-order valence-corrected chi connectivity index (χ3v) is 2.21. The van der Waals surface area contributed by atoms with Crippen LogP contribution >= 0.6 is 0 Å². The van der Waals surface area contributed by atoms with Gasteiger partial charge in [0.1, 0.15) is 6.61 Å². The van der Waals surface area contributed by atoms with Crippen molar-refractivity contribution in [3.8, 4) is 0 Å². The fourth-order valence-electron chi connectivity index (χ4n) is 1.33. The van der Waals surface area contributed by atoms with Crippen LogP contribution in [0.1, 0.15) is 18.5 Å². The summed E-state index contributed by atoms with van der Waals surface area (Å²) in [5, 5.41) is 2.73. The number of nitrogens with one attached hydrogen (secondary N) is 1. The largest absolute Gasteiger partial charge is 0.445 e. The minimum absolute atomic E-state index is 0.227. The zero-order chi connectivity index (χ0) is 12.5. The molecule has 0 fully saturated rings. The van der Waals surface area contributed by atoms with E-state index in [1.165, 1.54) is 0 Å². The monoisotopic (exact) mass is 231 g/mol. The van der Waals surface area contributed by atoms with Gasteiger partial charge in [-0.25, -0.2) is 4.79 Å². The summed E-state index contributed by atoms with van der Waals surface area (Å²) in [6, 6.07) is 9.39. The highest BCUT2D eigenvalue weighted by Crippen LogP contribution is 2.13. The first kappa shape index (κ1) is 13.0. The number of carbonyl (C=O) groups is 1. The molecule has 1 amide bonds. The number of rotatable bonds is 5. The molecule has 1 aromatic carbocycles. The lowest BCUT2D eigenvalue weighted by molar-refractivity contribution is 0.156. The quantitative estimate of drug-likeness (QED) is 0.790. The Labute approximate surface area is 102 Å². The Morgan fingerprint density at radius 1 is 1.47 bits per heavy atom. The zero-order valence-electron chi connectivity index (χ0n) is 9.93. The van der Waals surface area contributed by atoms with Gasteiger partial charge in [-0.15, -0.1) is 6.58 Å². The first-order chi connectivity index (χ1) is 8.27. The van der Waals surface area contributed by atoms with E-state index >= 15 is 0 Å². The second kappa shape index (κ2) is 7.28. The predicted octanol–water partition coefficient (Wildman–Crippen LogP) is 3.22. The summed E-state index contributed by atoms with van der Waals surface area (Å²) < 4.78 is 4.95. The molecular formula is C14H17NO2. The van der Waals surface area contributed by atoms with E-state index in [0.717, 1.165) is 5.56 Å². The summed E-state index contributed by atoms with van der Waals surface area (Å²) in [5.74, 6) is 0. The number of benzene rings is 1. The molecule has 1 unspecified atom stereocenters. The van der Waals surface area contributed by atoms with Gasteiger partial charge >= 0.3 is 6.09 Å². The summed E-state index contributed by atoms with van der Waals surface area (Å²) in [5.41, 5.74) is 0.977. The van der Waals surface area contributed by atoms with Crippen LogP contribution in [-0.2, 0) is 4.74 Å². The van der Waals surface area contributed by atoms with Crippen molar-refractivity contribution < 1.29 is 9.53 Å². The number of allylic oxidation sites excluding steroid dienone is 1. The van der Waals surface area contributed by atoms with Crippen LogP contribution in [-0.4, -0.2) is 12.7 Å². The molecule has 0 radical (unpaired) electrons. The number of carbonyl (C=O) groups excluding carboxylic acids is 1. The Hall–Kier alpha value is -2.03. The Morgan fingerprint density at radius 3 is 2.76 bits per heavy atom. The van der Waals surface area contributed by atoms with Crippen molar-refractivity contribution in [1.82, 2.24) is 5.32 Å². The van der Waals surface area contributed by atoms with Gasteiger partial charge in [0.25, 0.3) is 0 Å². The fraction of sp³-hybridized carbons (Fsp3) is 0.214. The maximum absolute atomic E-state index is 11.4. The minimum Gasteiger partial charge on any atom is -0.445 e. The fourth-order valence-corrected chi connectivity index (χ4v) is 1.33. The number of amides is 1. The summed E-state index contributed by atoms with van der Waals surface area (Å²) in [4.78, 5) is 11.4. The molecule has 1 aromatic rings. The average molecular weight is 231 g/mol. The smallest absolute Gasteiger partial charge is 0.408 e. The van der Waals surface area contributed by atoms with E-state index in [1.54, 1.807) is 12.2 Å². The molecule has 0 aromatic heterocycles. The van der Waals surface area contributed by atoms with Crippen LogP contribution in [0.4, 0.5) is 4.79 Å². The van der Waals surface area contributed by atoms with Crippen LogP contribution in [0.2, 0.25) is 0 Å². The van der Waals surface area contributed by atoms with E-state index in [9.17, 15) is 4.79 Å². The van der Waals surface area contributed by atoms with Gasteiger partial charge in [0.05, 0.1) is 6.04 Å². The molecule has 0 spiro atoms. The minimum atomic E-state index is -0.447. The molecule has 0 saturated carbocycles. The van der Waals surface area contributed by atoms with Gasteiger partial charge in [-0.1, -0.05) is 48.6 Å². The van der Waals surface area contributed by atoms with Crippen LogP contribution in [0.3, 0.4) is 0 Å². The van der Waals surface area contributed by atoms with Gasteiger partial charge in [-0.05, 0) is 12.5 Å². The molecule has 0 aliphatic heterocycles. The normalized spacial score (nSPS) is 12.1. The first-order valence-electron chi connectivity index (χ1n) is 5.50. The van der Waals surface area contributed by atoms with Crippen molar-refractivity contribution >= 4 is 6.09 Å². The van der Waals surface area contributed by atoms with E-state index in [1.807, 2.05) is 43.3 Å². The van der Waals surface area contributed by atoms with Crippen LogP contribution < -0.4 is 5.32 Å². The molecule has 17 heavy (non-hydrogen) atoms. The van der Waals surface area contributed by atoms with E-state index in [0.29, 0.717) is 0 Å². The molecule has 3 nitrogen and oxygen atoms in total. The second-order valence-electron chi connectivity index (χ2n) is 3.44. The standard InChI is InChI=1S/C14H17NO2/c1-3-5-11-17-14(16)15-13(4-2)12-9-7-6-8-10-12/h3-10,13H,2,11H2,1H3,(H,15,16)/b5-3+. The van der Waals surface area contributed by atoms with Crippen molar-refractivity contribution in [2.24, 2.45) is 0 Å². The topological polar surface area (TPSA) is 38.3 Å². The molecule has 1 atom stereocenters. The van der Waals surface area contributed by atoms with Gasteiger partial charge in [-0.2, -0.15) is 0 Å². The van der Waals surface area contributed by atoms with Crippen LogP contribution in [0.15, 0.2) is 55.1 Å². The van der Waals surface area contributed by atoms with E-state index in [4.69, 9.17) is 4.74 Å². The SMILES string of the molecule is C=CC(NC(=O)OC/C=C/C)c1ccccc1. The molecule has 1 rings (SSSR count). The number of hydrogen-bond donors (Lipinski definition) is 1. The Kier molecular flexibility index (Phi) is 5.58. The maximum atomic E-state index is 11.4. The van der Waals surface area contributed by atoms with Gasteiger partial charge in [0, 0.05) is 0 Å². The lowest BCUT2D eigenvalue weighted by Crippen LogP contribution is -2.27. The maximum Gasteiger partial charge on any atom is 0.408 e. The highest BCUT2D eigenvalue weighted by molar-refractivity contribution is 5.68. The molecule has 0 saturated heterocycles. The predicted molar refractivity (Wildman–Crippen MR) is 68.7 cm³/mol. The number of hydrogen-bond acceptors (Lipinski definition) is 2. The molecule has 90 valence electrons. The van der Waals surface area contributed by atoms with Crippen LogP contribution in [0.5, 0.6) is 0 Å². The molecule has 0 aliphatic rings. The van der Waals surface area contributed by atoms with E-state index < -0.39 is 6.09 Å². The van der Waals surface area contributed by atoms with Gasteiger partial charge in [0.15, 0.2) is 0 Å². The van der Waals surface area contributed by atoms with Crippen molar-refractivity contribution in [3.63, 3.8) is 0 Å². The molecular weight excluding hydrogens is 214 g/mol. The average Bonchev–Trinajstić information content (AvgIpc) is 2.37. The van der Waals surface area contributed by atoms with Crippen molar-refractivity contribution in [2.75, 3.05) is 6.61 Å². The molecule has 0 heterocycles. The highest BCUT2D eigenvalue weighted by atomic mass is 16.5. The molecule has 1 N–H and O–H groups in total. The summed E-state index contributed by atoms with van der Waals surface area (Å²) in [7, 11) is 0. The van der Waals surface area contributed by atoms with Crippen molar-refractivity contribution in [1.29, 1.82) is 0 Å². The lowest BCUT2D eigenvalue weighted by atomic mass is 10.1. The van der Waals surface area contributed by atoms with Crippen LogP contribution in [0, 0.1) is 0 Å². The molecule has 0 bridgehead atoms. The summed E-state index contributed by atoms with van der Waals surface area (Å²) >= 11 is 0. The Morgan fingerprint density at radius 2 is 2.18 bits per heavy atom. The van der Waals surface area contributed by atoms with E-state index in [-0.39, 0.29) is 12.6 Å². The first-order valence-corrected chi connectivity index (χ1v) is 5.50. The van der Waals surface area contributed by atoms with E-state index in [2.05, 4.69) is 11.9 Å². The Bertz CT molecular complexity index is 384. The van der Waals surface area contributed by atoms with Crippen molar-refractivity contribution in [2.45, 2.75) is 13.0 Å². The van der Waals surface area contributed by atoms with Crippen LogP contribution in [0.25, 0.3) is 0 Å². The summed E-state index contributed by atoms with van der Waals surface area (Å²) in [6.45, 7) is 5.85.